The van der Waals surface area contributed by atoms with Crippen LogP contribution in [0, 0.1) is 11.3 Å². The third kappa shape index (κ3) is 2.92. The minimum absolute atomic E-state index is 0.0732. The van der Waals surface area contributed by atoms with Crippen LogP contribution in [0.25, 0.3) is 0 Å². The Labute approximate surface area is 134 Å². The molecule has 22 heavy (non-hydrogen) atoms. The van der Waals surface area contributed by atoms with Crippen LogP contribution in [0.5, 0.6) is 0 Å². The van der Waals surface area contributed by atoms with E-state index in [9.17, 15) is 9.90 Å². The molecule has 0 unspecified atom stereocenters. The second kappa shape index (κ2) is 6.88. The second-order valence-electron chi connectivity index (χ2n) is 7.44. The van der Waals surface area contributed by atoms with Crippen molar-refractivity contribution in [3.8, 4) is 0 Å². The molecule has 4 nitrogen and oxygen atoms in total. The number of carbonyl (C=O) groups is 1. The van der Waals surface area contributed by atoms with Gasteiger partial charge in [0.25, 0.3) is 0 Å². The van der Waals surface area contributed by atoms with Crippen LogP contribution in [0.4, 0.5) is 0 Å². The number of amides is 1. The summed E-state index contributed by atoms with van der Waals surface area (Å²) in [4.78, 5) is 14.8. The van der Waals surface area contributed by atoms with Crippen molar-refractivity contribution in [3.05, 3.63) is 0 Å². The molecule has 0 radical (unpaired) electrons. The molecule has 126 valence electrons. The van der Waals surface area contributed by atoms with E-state index in [0.29, 0.717) is 12.5 Å². The summed E-state index contributed by atoms with van der Waals surface area (Å²) in [6, 6.07) is 0. The summed E-state index contributed by atoms with van der Waals surface area (Å²) in [5.74, 6) is 0.629. The van der Waals surface area contributed by atoms with E-state index in [1.165, 1.54) is 25.7 Å². The predicted octanol–water partition coefficient (Wildman–Crippen LogP) is 2.74. The van der Waals surface area contributed by atoms with Crippen LogP contribution < -0.4 is 0 Å². The molecule has 3 rings (SSSR count). The van der Waals surface area contributed by atoms with Gasteiger partial charge < -0.3 is 14.7 Å². The average Bonchev–Trinajstić information content (AvgIpc) is 2.83. The van der Waals surface area contributed by atoms with Gasteiger partial charge in [-0.2, -0.15) is 0 Å². The van der Waals surface area contributed by atoms with Gasteiger partial charge in [-0.25, -0.2) is 0 Å². The van der Waals surface area contributed by atoms with Gasteiger partial charge in [0.1, 0.15) is 0 Å². The first-order chi connectivity index (χ1) is 10.7. The van der Waals surface area contributed by atoms with Gasteiger partial charge in [-0.05, 0) is 32.6 Å². The highest BCUT2D eigenvalue weighted by molar-refractivity contribution is 5.79. The van der Waals surface area contributed by atoms with Gasteiger partial charge in [-0.15, -0.1) is 0 Å². The molecule has 1 aliphatic heterocycles. The molecule has 2 atom stereocenters. The first-order valence-corrected chi connectivity index (χ1v) is 9.26. The lowest BCUT2D eigenvalue weighted by Crippen LogP contribution is -2.63. The monoisotopic (exact) mass is 309 g/mol. The molecule has 1 spiro atoms. The highest BCUT2D eigenvalue weighted by Gasteiger charge is 2.56. The Bertz CT molecular complexity index is 380. The van der Waals surface area contributed by atoms with Crippen LogP contribution >= 0.6 is 0 Å². The van der Waals surface area contributed by atoms with Crippen LogP contribution in [-0.2, 0) is 9.53 Å². The van der Waals surface area contributed by atoms with Gasteiger partial charge in [0.15, 0.2) is 0 Å². The fourth-order valence-corrected chi connectivity index (χ4v) is 4.74. The van der Waals surface area contributed by atoms with Crippen LogP contribution in [0.15, 0.2) is 0 Å². The van der Waals surface area contributed by atoms with Crippen LogP contribution in [-0.4, -0.2) is 47.8 Å². The molecule has 4 heteroatoms. The summed E-state index contributed by atoms with van der Waals surface area (Å²) >= 11 is 0. The SMILES string of the molecule is CCO[C@@H]1C[C@H](O)C12CCN(C(=O)C1CCCCCC1)CC2. The zero-order valence-corrected chi connectivity index (χ0v) is 13.9. The molecule has 3 fully saturated rings. The molecular formula is C18H31NO3. The molecule has 0 aromatic rings. The lowest BCUT2D eigenvalue weighted by Gasteiger charge is -2.56. The zero-order valence-electron chi connectivity index (χ0n) is 13.9. The molecule has 0 bridgehead atoms. The molecule has 0 aromatic carbocycles. The molecule has 1 saturated heterocycles. The molecule has 1 amide bonds. The van der Waals surface area contributed by atoms with E-state index in [1.54, 1.807) is 0 Å². The molecule has 1 heterocycles. The van der Waals surface area contributed by atoms with Crippen molar-refractivity contribution in [2.75, 3.05) is 19.7 Å². The third-order valence-corrected chi connectivity index (χ3v) is 6.32. The fraction of sp³-hybridized carbons (Fsp3) is 0.944. The van der Waals surface area contributed by atoms with E-state index in [-0.39, 0.29) is 23.5 Å². The number of nitrogens with zero attached hydrogens (tertiary/aromatic N) is 1. The molecule has 2 aliphatic carbocycles. The van der Waals surface area contributed by atoms with E-state index in [1.807, 2.05) is 6.92 Å². The second-order valence-corrected chi connectivity index (χ2v) is 7.44. The van der Waals surface area contributed by atoms with Gasteiger partial charge in [-0.3, -0.25) is 4.79 Å². The highest BCUT2D eigenvalue weighted by Crippen LogP contribution is 2.51. The number of carbonyl (C=O) groups excluding carboxylic acids is 1. The summed E-state index contributed by atoms with van der Waals surface area (Å²) in [5, 5.41) is 10.2. The smallest absolute Gasteiger partial charge is 0.225 e. The molecule has 0 aromatic heterocycles. The number of likely N-dealkylation sites (tertiary alicyclic amines) is 1. The summed E-state index contributed by atoms with van der Waals surface area (Å²) < 4.78 is 5.81. The molecule has 1 N–H and O–H groups in total. The Balaban J connectivity index is 1.55. The highest BCUT2D eigenvalue weighted by atomic mass is 16.5. The first kappa shape index (κ1) is 16.3. The summed E-state index contributed by atoms with van der Waals surface area (Å²) in [6.07, 6.45) is 9.67. The maximum Gasteiger partial charge on any atom is 0.225 e. The van der Waals surface area contributed by atoms with Crippen molar-refractivity contribution in [1.82, 2.24) is 4.90 Å². The van der Waals surface area contributed by atoms with Crippen molar-refractivity contribution in [2.45, 2.75) is 76.9 Å². The molecular weight excluding hydrogens is 278 g/mol. The van der Waals surface area contributed by atoms with Crippen LogP contribution in [0.3, 0.4) is 0 Å². The van der Waals surface area contributed by atoms with Crippen molar-refractivity contribution >= 4 is 5.91 Å². The van der Waals surface area contributed by atoms with Gasteiger partial charge in [0.05, 0.1) is 12.2 Å². The Hall–Kier alpha value is -0.610. The Morgan fingerprint density at radius 3 is 2.36 bits per heavy atom. The summed E-state index contributed by atoms with van der Waals surface area (Å²) in [6.45, 7) is 4.33. The largest absolute Gasteiger partial charge is 0.392 e. The normalized spacial score (nSPS) is 32.5. The van der Waals surface area contributed by atoms with E-state index in [0.717, 1.165) is 45.2 Å². The van der Waals surface area contributed by atoms with Crippen molar-refractivity contribution in [1.29, 1.82) is 0 Å². The topological polar surface area (TPSA) is 49.8 Å². The number of piperidine rings is 1. The maximum atomic E-state index is 12.7. The number of hydrogen-bond donors (Lipinski definition) is 1. The number of aliphatic hydroxyl groups excluding tert-OH is 1. The number of hydrogen-bond acceptors (Lipinski definition) is 3. The minimum Gasteiger partial charge on any atom is -0.392 e. The molecule has 2 saturated carbocycles. The van der Waals surface area contributed by atoms with Crippen LogP contribution in [0.2, 0.25) is 0 Å². The van der Waals surface area contributed by atoms with E-state index in [4.69, 9.17) is 4.74 Å². The van der Waals surface area contributed by atoms with E-state index >= 15 is 0 Å². The quantitative estimate of drug-likeness (QED) is 0.816. The first-order valence-electron chi connectivity index (χ1n) is 9.26. The van der Waals surface area contributed by atoms with Gasteiger partial charge in [0.2, 0.25) is 5.91 Å². The van der Waals surface area contributed by atoms with Crippen molar-refractivity contribution in [3.63, 3.8) is 0 Å². The standard InChI is InChI=1S/C18H31NO3/c1-2-22-16-13-15(20)18(16)9-11-19(12-10-18)17(21)14-7-5-3-4-6-8-14/h14-16,20H,2-13H2,1H3/t15-,16+/m0/s1. The number of ether oxygens (including phenoxy) is 1. The maximum absolute atomic E-state index is 12.7. The predicted molar refractivity (Wildman–Crippen MR) is 85.5 cm³/mol. The summed E-state index contributed by atoms with van der Waals surface area (Å²) in [5.41, 5.74) is -0.0732. The third-order valence-electron chi connectivity index (χ3n) is 6.32. The Morgan fingerprint density at radius 2 is 1.82 bits per heavy atom. The summed E-state index contributed by atoms with van der Waals surface area (Å²) in [7, 11) is 0. The number of aliphatic hydroxyl groups is 1. The Kier molecular flexibility index (Phi) is 5.08. The van der Waals surface area contributed by atoms with E-state index in [2.05, 4.69) is 4.90 Å². The Morgan fingerprint density at radius 1 is 1.18 bits per heavy atom. The van der Waals surface area contributed by atoms with E-state index < -0.39 is 0 Å². The fourth-order valence-electron chi connectivity index (χ4n) is 4.74. The van der Waals surface area contributed by atoms with Crippen molar-refractivity contribution in [2.24, 2.45) is 11.3 Å². The average molecular weight is 309 g/mol. The lowest BCUT2D eigenvalue weighted by atomic mass is 9.58. The van der Waals surface area contributed by atoms with Gasteiger partial charge in [-0.1, -0.05) is 25.7 Å². The zero-order chi connectivity index (χ0) is 15.6. The van der Waals surface area contributed by atoms with Gasteiger partial charge in [0, 0.05) is 37.5 Å². The lowest BCUT2D eigenvalue weighted by molar-refractivity contribution is -0.210. The number of rotatable bonds is 3. The van der Waals surface area contributed by atoms with Crippen LogP contribution in [0.1, 0.15) is 64.7 Å². The van der Waals surface area contributed by atoms with Gasteiger partial charge >= 0.3 is 0 Å². The molecule has 3 aliphatic rings. The van der Waals surface area contributed by atoms with Crippen molar-refractivity contribution < 1.29 is 14.6 Å². The minimum atomic E-state index is -0.237.